The van der Waals surface area contributed by atoms with E-state index < -0.39 is 17.5 Å². The Morgan fingerprint density at radius 1 is 1.24 bits per heavy atom. The number of aromatic nitrogens is 2. The molecule has 152 valence electrons. The van der Waals surface area contributed by atoms with Gasteiger partial charge < -0.3 is 14.6 Å². The third-order valence-electron chi connectivity index (χ3n) is 3.98. The van der Waals surface area contributed by atoms with Crippen LogP contribution in [0.2, 0.25) is 5.02 Å². The highest BCUT2D eigenvalue weighted by atomic mass is 35.5. The van der Waals surface area contributed by atoms with Crippen molar-refractivity contribution >= 4 is 34.9 Å². The first-order valence-corrected chi connectivity index (χ1v) is 10.1. The number of amides is 2. The van der Waals surface area contributed by atoms with Crippen LogP contribution in [0.5, 0.6) is 0 Å². The molecule has 0 aliphatic carbocycles. The van der Waals surface area contributed by atoms with E-state index in [0.717, 1.165) is 17.1 Å². The molecule has 2 amide bonds. The van der Waals surface area contributed by atoms with E-state index in [-0.39, 0.29) is 18.1 Å². The fourth-order valence-corrected chi connectivity index (χ4v) is 3.34. The van der Waals surface area contributed by atoms with E-state index in [1.54, 1.807) is 29.6 Å². The fraction of sp³-hybridized carbons (Fsp3) is 0.300. The third-order valence-corrected chi connectivity index (χ3v) is 4.73. The zero-order valence-electron chi connectivity index (χ0n) is 16.3. The molecule has 0 aliphatic heterocycles. The lowest BCUT2D eigenvalue weighted by molar-refractivity contribution is -0.128. The van der Waals surface area contributed by atoms with E-state index in [1.807, 2.05) is 32.9 Å². The minimum atomic E-state index is -0.978. The van der Waals surface area contributed by atoms with Gasteiger partial charge in [0.2, 0.25) is 0 Å². The van der Waals surface area contributed by atoms with Gasteiger partial charge >= 0.3 is 0 Å². The van der Waals surface area contributed by atoms with Gasteiger partial charge in [0, 0.05) is 22.5 Å². The number of carbonyl (C=O) groups excluding carboxylic acids is 2. The van der Waals surface area contributed by atoms with Crippen molar-refractivity contribution in [2.45, 2.75) is 38.9 Å². The second kappa shape index (κ2) is 8.75. The predicted octanol–water partition coefficient (Wildman–Crippen LogP) is 4.08. The van der Waals surface area contributed by atoms with E-state index in [4.69, 9.17) is 16.0 Å². The number of rotatable bonds is 6. The Bertz CT molecular complexity index is 951. The molecule has 3 rings (SSSR count). The minimum absolute atomic E-state index is 0.163. The average molecular weight is 433 g/mol. The monoisotopic (exact) mass is 432 g/mol. The Labute approximate surface area is 177 Å². The smallest absolute Gasteiger partial charge is 0.276 e. The molecule has 1 N–H and O–H groups in total. The van der Waals surface area contributed by atoms with Crippen LogP contribution in [0.1, 0.15) is 48.6 Å². The van der Waals surface area contributed by atoms with Crippen LogP contribution < -0.4 is 5.32 Å². The first-order valence-electron chi connectivity index (χ1n) is 8.92. The summed E-state index contributed by atoms with van der Waals surface area (Å²) in [4.78, 5) is 27.9. The highest BCUT2D eigenvalue weighted by Crippen LogP contribution is 2.27. The predicted molar refractivity (Wildman–Crippen MR) is 111 cm³/mol. The maximum absolute atomic E-state index is 13.3. The van der Waals surface area contributed by atoms with Gasteiger partial charge in [0.25, 0.3) is 11.8 Å². The Balaban J connectivity index is 2.02. The van der Waals surface area contributed by atoms with Crippen LogP contribution in [0.25, 0.3) is 0 Å². The van der Waals surface area contributed by atoms with E-state index in [2.05, 4.69) is 14.9 Å². The van der Waals surface area contributed by atoms with Crippen molar-refractivity contribution in [1.82, 2.24) is 19.8 Å². The summed E-state index contributed by atoms with van der Waals surface area (Å²) < 4.78 is 9.30. The SMILES string of the molecule is CC(C)(C)NC(=O)C(c1ccco1)N(Cc1ccc(Cl)cc1)C(=O)c1csnn1. The number of benzene rings is 1. The molecule has 0 radical (unpaired) electrons. The van der Waals surface area contributed by atoms with Crippen molar-refractivity contribution in [2.75, 3.05) is 0 Å². The van der Waals surface area contributed by atoms with Crippen LogP contribution in [-0.2, 0) is 11.3 Å². The Hall–Kier alpha value is -2.71. The summed E-state index contributed by atoms with van der Waals surface area (Å²) in [6.45, 7) is 5.79. The molecule has 1 unspecified atom stereocenters. The molecule has 0 saturated heterocycles. The normalized spacial score (nSPS) is 12.4. The van der Waals surface area contributed by atoms with E-state index in [0.29, 0.717) is 10.8 Å². The van der Waals surface area contributed by atoms with Crippen LogP contribution in [0.3, 0.4) is 0 Å². The molecule has 7 nitrogen and oxygen atoms in total. The number of carbonyl (C=O) groups is 2. The maximum atomic E-state index is 13.3. The van der Waals surface area contributed by atoms with Crippen LogP contribution in [0.15, 0.2) is 52.5 Å². The van der Waals surface area contributed by atoms with Crippen LogP contribution in [-0.4, -0.2) is 31.8 Å². The highest BCUT2D eigenvalue weighted by Gasteiger charge is 2.36. The van der Waals surface area contributed by atoms with Gasteiger partial charge in [-0.25, -0.2) is 0 Å². The highest BCUT2D eigenvalue weighted by molar-refractivity contribution is 7.03. The summed E-state index contributed by atoms with van der Waals surface area (Å²) in [7, 11) is 0. The molecule has 1 aromatic carbocycles. The Morgan fingerprint density at radius 3 is 2.52 bits per heavy atom. The van der Waals surface area contributed by atoms with Gasteiger partial charge in [0.1, 0.15) is 5.76 Å². The molecule has 29 heavy (non-hydrogen) atoms. The second-order valence-corrected chi connectivity index (χ2v) is 8.55. The van der Waals surface area contributed by atoms with Crippen LogP contribution in [0.4, 0.5) is 0 Å². The largest absolute Gasteiger partial charge is 0.467 e. The second-order valence-electron chi connectivity index (χ2n) is 7.51. The van der Waals surface area contributed by atoms with Gasteiger partial charge in [-0.15, -0.1) is 5.10 Å². The molecule has 0 bridgehead atoms. The van der Waals surface area contributed by atoms with E-state index >= 15 is 0 Å². The van der Waals surface area contributed by atoms with E-state index in [9.17, 15) is 9.59 Å². The van der Waals surface area contributed by atoms with E-state index in [1.165, 1.54) is 11.2 Å². The zero-order chi connectivity index (χ0) is 21.0. The van der Waals surface area contributed by atoms with Gasteiger partial charge in [0.05, 0.1) is 6.26 Å². The van der Waals surface area contributed by atoms with Crippen molar-refractivity contribution in [3.05, 3.63) is 70.1 Å². The number of nitrogens with zero attached hydrogens (tertiary/aromatic N) is 3. The molecule has 2 aromatic heterocycles. The topological polar surface area (TPSA) is 88.3 Å². The molecule has 3 aromatic rings. The van der Waals surface area contributed by atoms with Crippen molar-refractivity contribution in [1.29, 1.82) is 0 Å². The summed E-state index contributed by atoms with van der Waals surface area (Å²) in [5, 5.41) is 8.96. The average Bonchev–Trinajstić information content (AvgIpc) is 3.35. The standard InChI is InChI=1S/C20H21ClN4O3S/c1-20(2,3)22-18(26)17(16-5-4-10-28-16)25(19(27)15-12-29-24-23-15)11-13-6-8-14(21)9-7-13/h4-10,12,17H,11H2,1-3H3,(H,22,26). The van der Waals surface area contributed by atoms with Crippen LogP contribution >= 0.6 is 23.1 Å². The van der Waals surface area contributed by atoms with Crippen LogP contribution in [0, 0.1) is 0 Å². The quantitative estimate of drug-likeness (QED) is 0.633. The number of nitrogens with one attached hydrogen (secondary N) is 1. The lowest BCUT2D eigenvalue weighted by atomic mass is 10.1. The molecular formula is C20H21ClN4O3S. The van der Waals surface area contributed by atoms with Gasteiger partial charge in [-0.05, 0) is 62.1 Å². The number of furan rings is 1. The van der Waals surface area contributed by atoms with Crippen molar-refractivity contribution in [3.8, 4) is 0 Å². The van der Waals surface area contributed by atoms with Gasteiger partial charge in [-0.3, -0.25) is 9.59 Å². The first kappa shape index (κ1) is 21.0. The molecule has 0 aliphatic rings. The molecule has 9 heteroatoms. The zero-order valence-corrected chi connectivity index (χ0v) is 17.8. The van der Waals surface area contributed by atoms with Gasteiger partial charge in [-0.1, -0.05) is 28.2 Å². The first-order chi connectivity index (χ1) is 13.7. The van der Waals surface area contributed by atoms with Crippen molar-refractivity contribution in [2.24, 2.45) is 0 Å². The lowest BCUT2D eigenvalue weighted by Gasteiger charge is -2.32. The number of halogens is 1. The molecule has 0 fully saturated rings. The molecule has 0 saturated carbocycles. The third kappa shape index (κ3) is 5.42. The van der Waals surface area contributed by atoms with Gasteiger partial charge in [0.15, 0.2) is 11.7 Å². The summed E-state index contributed by atoms with van der Waals surface area (Å²) >= 11 is 7.05. The fourth-order valence-electron chi connectivity index (χ4n) is 2.78. The summed E-state index contributed by atoms with van der Waals surface area (Å²) in [5.74, 6) is -0.408. The van der Waals surface area contributed by atoms with Crippen molar-refractivity contribution in [3.63, 3.8) is 0 Å². The summed E-state index contributed by atoms with van der Waals surface area (Å²) in [6, 6.07) is 9.47. The lowest BCUT2D eigenvalue weighted by Crippen LogP contribution is -2.49. The molecular weight excluding hydrogens is 412 g/mol. The molecule has 2 heterocycles. The number of hydrogen-bond acceptors (Lipinski definition) is 6. The minimum Gasteiger partial charge on any atom is -0.467 e. The summed E-state index contributed by atoms with van der Waals surface area (Å²) in [6.07, 6.45) is 1.47. The van der Waals surface area contributed by atoms with Gasteiger partial charge in [-0.2, -0.15) is 0 Å². The van der Waals surface area contributed by atoms with Crippen molar-refractivity contribution < 1.29 is 14.0 Å². The molecule has 1 atom stereocenters. The Morgan fingerprint density at radius 2 is 1.97 bits per heavy atom. The Kier molecular flexibility index (Phi) is 6.34. The molecule has 0 spiro atoms. The number of hydrogen-bond donors (Lipinski definition) is 1. The maximum Gasteiger partial charge on any atom is 0.276 e. The summed E-state index contributed by atoms with van der Waals surface area (Å²) in [5.41, 5.74) is 0.495.